The van der Waals surface area contributed by atoms with Crippen LogP contribution in [-0.2, 0) is 17.8 Å². The van der Waals surface area contributed by atoms with E-state index in [1.807, 2.05) is 31.2 Å². The van der Waals surface area contributed by atoms with E-state index in [1.54, 1.807) is 32.4 Å². The molecule has 2 aromatic carbocycles. The van der Waals surface area contributed by atoms with Crippen LogP contribution in [0.3, 0.4) is 0 Å². The lowest BCUT2D eigenvalue weighted by molar-refractivity contribution is -0.121. The number of aryl methyl sites for hydroxylation is 1. The van der Waals surface area contributed by atoms with Crippen LogP contribution in [0.25, 0.3) is 5.69 Å². The van der Waals surface area contributed by atoms with Crippen LogP contribution in [0.1, 0.15) is 11.1 Å². The summed E-state index contributed by atoms with van der Waals surface area (Å²) in [5, 5.41) is 2.77. The maximum absolute atomic E-state index is 12.5. The zero-order valence-corrected chi connectivity index (χ0v) is 17.8. The lowest BCUT2D eigenvalue weighted by Gasteiger charge is -2.12. The average molecular weight is 423 g/mol. The monoisotopic (exact) mass is 423 g/mol. The fourth-order valence-electron chi connectivity index (χ4n) is 3.25. The number of amides is 1. The topological polar surface area (TPSA) is 91.6 Å². The number of hydrogen-bond acceptors (Lipinski definition) is 5. The molecule has 1 N–H and O–H groups in total. The third kappa shape index (κ3) is 5.03. The van der Waals surface area contributed by atoms with E-state index in [9.17, 15) is 14.4 Å². The molecule has 0 bridgehead atoms. The van der Waals surface area contributed by atoms with Crippen LogP contribution >= 0.6 is 0 Å². The predicted octanol–water partition coefficient (Wildman–Crippen LogP) is 1.68. The van der Waals surface area contributed by atoms with Crippen molar-refractivity contribution in [1.82, 2.24) is 14.5 Å². The highest BCUT2D eigenvalue weighted by Gasteiger charge is 2.11. The standard InChI is InChI=1S/C23H25N3O5/c1-16-6-4-5-7-18(16)26-13-12-25(22(28)23(26)29)15-21(27)24-11-10-17-8-9-19(30-2)20(14-17)31-3/h4-9,12-14H,10-11,15H2,1-3H3,(H,24,27). The van der Waals surface area contributed by atoms with E-state index in [1.165, 1.54) is 17.0 Å². The molecule has 0 aliphatic heterocycles. The maximum atomic E-state index is 12.5. The van der Waals surface area contributed by atoms with Gasteiger partial charge in [-0.2, -0.15) is 0 Å². The van der Waals surface area contributed by atoms with Crippen LogP contribution < -0.4 is 25.9 Å². The van der Waals surface area contributed by atoms with Gasteiger partial charge in [0.2, 0.25) is 5.91 Å². The van der Waals surface area contributed by atoms with E-state index in [0.29, 0.717) is 30.2 Å². The van der Waals surface area contributed by atoms with Crippen LogP contribution in [0, 0.1) is 6.92 Å². The van der Waals surface area contributed by atoms with E-state index >= 15 is 0 Å². The molecule has 0 aliphatic rings. The van der Waals surface area contributed by atoms with Gasteiger partial charge in [0.05, 0.1) is 19.9 Å². The Balaban J connectivity index is 1.63. The van der Waals surface area contributed by atoms with Crippen molar-refractivity contribution in [2.75, 3.05) is 20.8 Å². The Hall–Kier alpha value is -3.81. The van der Waals surface area contributed by atoms with Gasteiger partial charge in [-0.1, -0.05) is 24.3 Å². The molecule has 0 unspecified atom stereocenters. The van der Waals surface area contributed by atoms with Gasteiger partial charge in [0.25, 0.3) is 0 Å². The van der Waals surface area contributed by atoms with Gasteiger partial charge >= 0.3 is 11.1 Å². The Morgan fingerprint density at radius 1 is 0.968 bits per heavy atom. The second-order valence-corrected chi connectivity index (χ2v) is 6.98. The molecule has 162 valence electrons. The maximum Gasteiger partial charge on any atom is 0.320 e. The Labute approximate surface area is 179 Å². The summed E-state index contributed by atoms with van der Waals surface area (Å²) in [4.78, 5) is 37.2. The molecule has 3 rings (SSSR count). The van der Waals surface area contributed by atoms with Crippen molar-refractivity contribution in [1.29, 1.82) is 0 Å². The van der Waals surface area contributed by atoms with Crippen LogP contribution in [0.5, 0.6) is 11.5 Å². The lowest BCUT2D eigenvalue weighted by Crippen LogP contribution is -2.42. The third-order valence-corrected chi connectivity index (χ3v) is 4.93. The normalized spacial score (nSPS) is 10.5. The third-order valence-electron chi connectivity index (χ3n) is 4.93. The van der Waals surface area contributed by atoms with Crippen molar-refractivity contribution < 1.29 is 14.3 Å². The number of hydrogen-bond donors (Lipinski definition) is 1. The molecule has 0 radical (unpaired) electrons. The molecule has 0 aliphatic carbocycles. The Bertz CT molecular complexity index is 1200. The van der Waals surface area contributed by atoms with E-state index in [2.05, 4.69) is 5.32 Å². The number of nitrogens with zero attached hydrogens (tertiary/aromatic N) is 2. The number of benzene rings is 2. The molecule has 3 aromatic rings. The predicted molar refractivity (Wildman–Crippen MR) is 117 cm³/mol. The molecule has 0 spiro atoms. The van der Waals surface area contributed by atoms with Gasteiger partial charge in [0.15, 0.2) is 11.5 Å². The molecule has 1 amide bonds. The summed E-state index contributed by atoms with van der Waals surface area (Å²) in [5.74, 6) is 0.901. The van der Waals surface area contributed by atoms with Gasteiger partial charge < -0.3 is 14.8 Å². The van der Waals surface area contributed by atoms with E-state index < -0.39 is 11.1 Å². The molecule has 8 heteroatoms. The summed E-state index contributed by atoms with van der Waals surface area (Å²) in [6.07, 6.45) is 3.53. The fourth-order valence-corrected chi connectivity index (χ4v) is 3.25. The number of aromatic nitrogens is 2. The van der Waals surface area contributed by atoms with Gasteiger partial charge in [-0.05, 0) is 42.7 Å². The second kappa shape index (κ2) is 9.80. The largest absolute Gasteiger partial charge is 0.493 e. The Morgan fingerprint density at radius 2 is 1.71 bits per heavy atom. The highest BCUT2D eigenvalue weighted by molar-refractivity contribution is 5.75. The Kier molecular flexibility index (Phi) is 6.92. The average Bonchev–Trinajstić information content (AvgIpc) is 2.77. The highest BCUT2D eigenvalue weighted by atomic mass is 16.5. The summed E-state index contributed by atoms with van der Waals surface area (Å²) in [5.41, 5.74) is 1.03. The summed E-state index contributed by atoms with van der Waals surface area (Å²) >= 11 is 0. The number of nitrogens with one attached hydrogen (secondary N) is 1. The Morgan fingerprint density at radius 3 is 2.42 bits per heavy atom. The minimum absolute atomic E-state index is 0.228. The smallest absolute Gasteiger partial charge is 0.320 e. The van der Waals surface area contributed by atoms with E-state index in [4.69, 9.17) is 9.47 Å². The number of para-hydroxylation sites is 1. The molecule has 0 saturated heterocycles. The van der Waals surface area contributed by atoms with Crippen molar-refractivity contribution in [2.45, 2.75) is 19.9 Å². The minimum Gasteiger partial charge on any atom is -0.493 e. The number of carbonyl (C=O) groups is 1. The van der Waals surface area contributed by atoms with Crippen molar-refractivity contribution in [3.05, 3.63) is 86.7 Å². The summed E-state index contributed by atoms with van der Waals surface area (Å²) in [7, 11) is 3.13. The van der Waals surface area contributed by atoms with Gasteiger partial charge in [-0.15, -0.1) is 0 Å². The first kappa shape index (κ1) is 21.9. The van der Waals surface area contributed by atoms with Gasteiger partial charge in [0, 0.05) is 18.9 Å². The summed E-state index contributed by atoms with van der Waals surface area (Å²) < 4.78 is 12.9. The van der Waals surface area contributed by atoms with Crippen molar-refractivity contribution in [2.24, 2.45) is 0 Å². The molecule has 0 saturated carbocycles. The molecule has 1 heterocycles. The zero-order chi connectivity index (χ0) is 22.4. The van der Waals surface area contributed by atoms with Gasteiger partial charge in [0.1, 0.15) is 6.54 Å². The van der Waals surface area contributed by atoms with Gasteiger partial charge in [-0.25, -0.2) is 0 Å². The first-order valence-electron chi connectivity index (χ1n) is 9.80. The zero-order valence-electron chi connectivity index (χ0n) is 17.8. The summed E-state index contributed by atoms with van der Waals surface area (Å²) in [6.45, 7) is 2.01. The lowest BCUT2D eigenvalue weighted by atomic mass is 10.1. The molecule has 31 heavy (non-hydrogen) atoms. The highest BCUT2D eigenvalue weighted by Crippen LogP contribution is 2.27. The summed E-state index contributed by atoms with van der Waals surface area (Å²) in [6, 6.07) is 12.8. The fraction of sp³-hybridized carbons (Fsp3) is 0.261. The minimum atomic E-state index is -0.749. The second-order valence-electron chi connectivity index (χ2n) is 6.98. The molecule has 8 nitrogen and oxygen atoms in total. The van der Waals surface area contributed by atoms with E-state index in [-0.39, 0.29) is 12.5 Å². The first-order valence-corrected chi connectivity index (χ1v) is 9.80. The van der Waals surface area contributed by atoms with Crippen LogP contribution in [0.15, 0.2) is 64.4 Å². The molecular weight excluding hydrogens is 398 g/mol. The van der Waals surface area contributed by atoms with Crippen LogP contribution in [0.4, 0.5) is 0 Å². The quantitative estimate of drug-likeness (QED) is 0.557. The number of methoxy groups -OCH3 is 2. The first-order chi connectivity index (χ1) is 14.9. The van der Waals surface area contributed by atoms with E-state index in [0.717, 1.165) is 15.7 Å². The van der Waals surface area contributed by atoms with Crippen molar-refractivity contribution >= 4 is 5.91 Å². The molecule has 0 atom stereocenters. The van der Waals surface area contributed by atoms with Crippen molar-refractivity contribution in [3.63, 3.8) is 0 Å². The number of carbonyl (C=O) groups excluding carboxylic acids is 1. The van der Waals surface area contributed by atoms with Crippen molar-refractivity contribution in [3.8, 4) is 17.2 Å². The molecular formula is C23H25N3O5. The SMILES string of the molecule is COc1ccc(CCNC(=O)Cn2ccn(-c3ccccc3C)c(=O)c2=O)cc1OC. The number of rotatable bonds is 8. The molecule has 0 fully saturated rings. The van der Waals surface area contributed by atoms with Gasteiger partial charge in [-0.3, -0.25) is 23.5 Å². The van der Waals surface area contributed by atoms with Crippen LogP contribution in [-0.4, -0.2) is 35.8 Å². The van der Waals surface area contributed by atoms with Crippen LogP contribution in [0.2, 0.25) is 0 Å². The molecule has 1 aromatic heterocycles. The number of ether oxygens (including phenoxy) is 2.